The van der Waals surface area contributed by atoms with Gasteiger partial charge in [-0.3, -0.25) is 4.79 Å². The maximum atomic E-state index is 13.4. The maximum Gasteiger partial charge on any atom is 0.274 e. The Labute approximate surface area is 183 Å². The molecule has 1 aliphatic heterocycles. The van der Waals surface area contributed by atoms with E-state index in [2.05, 4.69) is 11.4 Å². The molecule has 8 heteroatoms. The molecule has 1 fully saturated rings. The molecule has 1 amide bonds. The van der Waals surface area contributed by atoms with Gasteiger partial charge in [0.05, 0.1) is 16.4 Å². The summed E-state index contributed by atoms with van der Waals surface area (Å²) >= 11 is 14.3. The molecule has 29 heavy (non-hydrogen) atoms. The number of nitrogens with zero attached hydrogens (tertiary/aromatic N) is 3. The molecule has 2 aromatic heterocycles. The Morgan fingerprint density at radius 3 is 2.72 bits per heavy atom. The zero-order valence-corrected chi connectivity index (χ0v) is 18.0. The molecular weight excluding hydrogens is 427 g/mol. The van der Waals surface area contributed by atoms with E-state index in [4.69, 9.17) is 34.0 Å². The first-order chi connectivity index (χ1) is 14.0. The Balaban J connectivity index is 1.65. The number of aryl methyl sites for hydroxylation is 1. The van der Waals surface area contributed by atoms with Crippen molar-refractivity contribution in [2.45, 2.75) is 31.7 Å². The van der Waals surface area contributed by atoms with Crippen molar-refractivity contribution in [2.24, 2.45) is 5.73 Å². The second kappa shape index (κ2) is 7.43. The van der Waals surface area contributed by atoms with Crippen molar-refractivity contribution >= 4 is 40.4 Å². The van der Waals surface area contributed by atoms with Gasteiger partial charge in [0.15, 0.2) is 5.69 Å². The first kappa shape index (κ1) is 19.1. The fraction of sp³-hybridized carbons (Fsp3) is 0.333. The Hall–Kier alpha value is -1.86. The van der Waals surface area contributed by atoms with E-state index in [1.54, 1.807) is 23.5 Å². The van der Waals surface area contributed by atoms with E-state index < -0.39 is 0 Å². The van der Waals surface area contributed by atoms with Crippen LogP contribution in [0.4, 0.5) is 0 Å². The molecule has 0 spiro atoms. The monoisotopic (exact) mass is 446 g/mol. The average molecular weight is 447 g/mol. The van der Waals surface area contributed by atoms with Crippen molar-refractivity contribution in [3.8, 4) is 16.9 Å². The van der Waals surface area contributed by atoms with Crippen LogP contribution in [0.25, 0.3) is 16.9 Å². The van der Waals surface area contributed by atoms with E-state index >= 15 is 0 Å². The molecular formula is C21H20Cl2N4OS. The number of carbonyl (C=O) groups excluding carboxylic acids is 1. The number of nitrogens with two attached hydrogens (primary N) is 1. The fourth-order valence-corrected chi connectivity index (χ4v) is 5.57. The van der Waals surface area contributed by atoms with Gasteiger partial charge in [0.25, 0.3) is 5.91 Å². The summed E-state index contributed by atoms with van der Waals surface area (Å²) in [5, 5.41) is 7.96. The van der Waals surface area contributed by atoms with Crippen molar-refractivity contribution in [1.82, 2.24) is 14.7 Å². The molecule has 3 heterocycles. The summed E-state index contributed by atoms with van der Waals surface area (Å²) in [6.07, 6.45) is 3.37. The van der Waals surface area contributed by atoms with Crippen LogP contribution in [-0.2, 0) is 12.8 Å². The Kier molecular flexibility index (Phi) is 4.90. The molecule has 0 bridgehead atoms. The van der Waals surface area contributed by atoms with Gasteiger partial charge in [0.2, 0.25) is 0 Å². The van der Waals surface area contributed by atoms with Crippen molar-refractivity contribution in [3.63, 3.8) is 0 Å². The largest absolute Gasteiger partial charge is 0.337 e. The van der Waals surface area contributed by atoms with Gasteiger partial charge >= 0.3 is 0 Å². The minimum absolute atomic E-state index is 0.0179. The van der Waals surface area contributed by atoms with Crippen molar-refractivity contribution in [2.75, 3.05) is 13.1 Å². The number of likely N-dealkylation sites (tertiary alicyclic amines) is 1. The van der Waals surface area contributed by atoms with Gasteiger partial charge in [-0.15, -0.1) is 11.3 Å². The molecule has 5 nitrogen and oxygen atoms in total. The first-order valence-corrected chi connectivity index (χ1v) is 11.4. The summed E-state index contributed by atoms with van der Waals surface area (Å²) in [5.74, 6) is -0.0179. The van der Waals surface area contributed by atoms with E-state index in [0.717, 1.165) is 48.2 Å². The van der Waals surface area contributed by atoms with Crippen LogP contribution in [0.5, 0.6) is 0 Å². The third kappa shape index (κ3) is 3.28. The number of hydrogen-bond donors (Lipinski definition) is 1. The van der Waals surface area contributed by atoms with Crippen molar-refractivity contribution in [3.05, 3.63) is 55.8 Å². The van der Waals surface area contributed by atoms with Gasteiger partial charge in [-0.25, -0.2) is 4.68 Å². The maximum absolute atomic E-state index is 13.4. The predicted molar refractivity (Wildman–Crippen MR) is 117 cm³/mol. The summed E-state index contributed by atoms with van der Waals surface area (Å²) in [6, 6.07) is 7.63. The topological polar surface area (TPSA) is 64.2 Å². The Morgan fingerprint density at radius 1 is 1.17 bits per heavy atom. The van der Waals surface area contributed by atoms with Crippen LogP contribution in [0.3, 0.4) is 0 Å². The fourth-order valence-electron chi connectivity index (χ4n) is 4.20. The molecule has 0 radical (unpaired) electrons. The molecule has 1 aliphatic carbocycles. The van der Waals surface area contributed by atoms with E-state index in [0.29, 0.717) is 28.8 Å². The molecule has 5 rings (SSSR count). The van der Waals surface area contributed by atoms with Crippen LogP contribution < -0.4 is 5.73 Å². The molecule has 2 aliphatic rings. The van der Waals surface area contributed by atoms with E-state index in [1.165, 1.54) is 4.88 Å². The zero-order chi connectivity index (χ0) is 20.1. The number of benzene rings is 1. The van der Waals surface area contributed by atoms with Crippen LogP contribution >= 0.6 is 34.5 Å². The van der Waals surface area contributed by atoms with E-state index in [9.17, 15) is 4.79 Å². The first-order valence-electron chi connectivity index (χ1n) is 9.72. The van der Waals surface area contributed by atoms with E-state index in [-0.39, 0.29) is 11.9 Å². The summed E-state index contributed by atoms with van der Waals surface area (Å²) in [7, 11) is 0. The number of carbonyl (C=O) groups is 1. The number of rotatable bonds is 2. The molecule has 3 aromatic rings. The third-order valence-electron chi connectivity index (χ3n) is 5.75. The highest BCUT2D eigenvalue weighted by atomic mass is 35.5. The van der Waals surface area contributed by atoms with Gasteiger partial charge in [-0.05, 0) is 55.3 Å². The third-order valence-corrected chi connectivity index (χ3v) is 7.27. The molecule has 150 valence electrons. The van der Waals surface area contributed by atoms with Crippen LogP contribution in [-0.4, -0.2) is 39.7 Å². The quantitative estimate of drug-likeness (QED) is 0.626. The average Bonchev–Trinajstić information content (AvgIpc) is 3.32. The number of hydrogen-bond acceptors (Lipinski definition) is 4. The van der Waals surface area contributed by atoms with Gasteiger partial charge in [-0.1, -0.05) is 23.2 Å². The number of thiophene rings is 1. The van der Waals surface area contributed by atoms with Crippen LogP contribution in [0.15, 0.2) is 29.6 Å². The highest BCUT2D eigenvalue weighted by molar-refractivity contribution is 7.10. The lowest BCUT2D eigenvalue weighted by molar-refractivity contribution is 0.0707. The predicted octanol–water partition coefficient (Wildman–Crippen LogP) is 4.57. The minimum atomic E-state index is -0.0179. The number of piperidine rings is 1. The molecule has 0 atom stereocenters. The SMILES string of the molecule is NC1CCN(C(=O)c2nn(-c3ccc(Cl)cc3Cl)c3c2CCc2sccc2-3)CC1. The minimum Gasteiger partial charge on any atom is -0.337 e. The standard InChI is InChI=1S/C21H20Cl2N4OS/c22-12-1-3-17(16(23)11-12)27-20-14-7-10-29-18(14)4-2-15(20)19(25-27)21(28)26-8-5-13(24)6-9-26/h1,3,7,10-11,13H,2,4-6,8-9,24H2. The molecule has 0 saturated carbocycles. The normalized spacial score (nSPS) is 16.6. The van der Waals surface area contributed by atoms with Gasteiger partial charge < -0.3 is 10.6 Å². The van der Waals surface area contributed by atoms with Gasteiger partial charge in [-0.2, -0.15) is 5.10 Å². The van der Waals surface area contributed by atoms with Crippen molar-refractivity contribution < 1.29 is 4.79 Å². The number of amides is 1. The molecule has 0 unspecified atom stereocenters. The van der Waals surface area contributed by atoms with Crippen LogP contribution in [0, 0.1) is 0 Å². The molecule has 1 saturated heterocycles. The zero-order valence-electron chi connectivity index (χ0n) is 15.7. The van der Waals surface area contributed by atoms with Crippen molar-refractivity contribution in [1.29, 1.82) is 0 Å². The van der Waals surface area contributed by atoms with Crippen LogP contribution in [0.2, 0.25) is 10.0 Å². The van der Waals surface area contributed by atoms with Gasteiger partial charge in [0.1, 0.15) is 0 Å². The van der Waals surface area contributed by atoms with Crippen LogP contribution in [0.1, 0.15) is 33.8 Å². The number of fused-ring (bicyclic) bond motifs is 3. The van der Waals surface area contributed by atoms with E-state index in [1.807, 2.05) is 15.6 Å². The molecule has 2 N–H and O–H groups in total. The van der Waals surface area contributed by atoms with Gasteiger partial charge in [0, 0.05) is 40.2 Å². The lowest BCUT2D eigenvalue weighted by Crippen LogP contribution is -2.43. The smallest absolute Gasteiger partial charge is 0.274 e. The lowest BCUT2D eigenvalue weighted by atomic mass is 9.94. The number of halogens is 2. The Morgan fingerprint density at radius 2 is 1.97 bits per heavy atom. The lowest BCUT2D eigenvalue weighted by Gasteiger charge is -2.30. The summed E-state index contributed by atoms with van der Waals surface area (Å²) in [4.78, 5) is 16.6. The molecule has 1 aromatic carbocycles. The summed E-state index contributed by atoms with van der Waals surface area (Å²) in [6.45, 7) is 1.35. The highest BCUT2D eigenvalue weighted by Crippen LogP contribution is 2.41. The highest BCUT2D eigenvalue weighted by Gasteiger charge is 2.32. The second-order valence-corrected chi connectivity index (χ2v) is 9.41. The number of aromatic nitrogens is 2. The Bertz CT molecular complexity index is 1100. The summed E-state index contributed by atoms with van der Waals surface area (Å²) < 4.78 is 1.82. The summed E-state index contributed by atoms with van der Waals surface area (Å²) in [5.41, 5.74) is 10.4. The second-order valence-electron chi connectivity index (χ2n) is 7.57.